The van der Waals surface area contributed by atoms with Crippen molar-refractivity contribution in [1.29, 1.82) is 10.8 Å². The normalized spacial score (nSPS) is 10.0. The van der Waals surface area contributed by atoms with E-state index in [9.17, 15) is 0 Å². The molecule has 0 saturated heterocycles. The van der Waals surface area contributed by atoms with Gasteiger partial charge in [-0.3, -0.25) is 10.8 Å². The van der Waals surface area contributed by atoms with E-state index in [1.807, 2.05) is 0 Å². The second-order valence-corrected chi connectivity index (χ2v) is 4.71. The molecule has 0 saturated carbocycles. The van der Waals surface area contributed by atoms with Crippen LogP contribution in [0, 0.1) is 10.8 Å². The lowest BCUT2D eigenvalue weighted by atomic mass is 9.99. The van der Waals surface area contributed by atoms with Gasteiger partial charge in [-0.15, -0.1) is 0 Å². The van der Waals surface area contributed by atoms with Gasteiger partial charge in [-0.2, -0.15) is 0 Å². The van der Waals surface area contributed by atoms with E-state index in [0.29, 0.717) is 27.6 Å². The summed E-state index contributed by atoms with van der Waals surface area (Å²) in [5.74, 6) is 1.10. The fourth-order valence-corrected chi connectivity index (χ4v) is 2.16. The summed E-state index contributed by atoms with van der Waals surface area (Å²) in [6, 6.07) is 12.1. The smallest absolute Gasteiger partial charge is 0.161 e. The molecule has 0 aromatic heterocycles. The quantitative estimate of drug-likeness (QED) is 0.825. The van der Waals surface area contributed by atoms with Gasteiger partial charge in [0, 0.05) is 11.1 Å². The molecule has 4 nitrogen and oxygen atoms in total. The Kier molecular flexibility index (Phi) is 4.60. The highest BCUT2D eigenvalue weighted by Gasteiger charge is 2.15. The van der Waals surface area contributed by atoms with Gasteiger partial charge in [0.15, 0.2) is 11.5 Å². The van der Waals surface area contributed by atoms with Crippen LogP contribution in [0.3, 0.4) is 0 Å². The first-order chi connectivity index (χ1) is 10.1. The van der Waals surface area contributed by atoms with Crippen molar-refractivity contribution in [2.24, 2.45) is 0 Å². The number of methoxy groups -OCH3 is 2. The average molecular weight is 303 g/mol. The van der Waals surface area contributed by atoms with Gasteiger partial charge in [-0.25, -0.2) is 0 Å². The molecule has 5 heteroatoms. The van der Waals surface area contributed by atoms with Gasteiger partial charge < -0.3 is 9.47 Å². The van der Waals surface area contributed by atoms with E-state index in [2.05, 4.69) is 0 Å². The lowest BCUT2D eigenvalue weighted by molar-refractivity contribution is 0.355. The highest BCUT2D eigenvalue weighted by Crippen LogP contribution is 2.28. The molecule has 0 radical (unpaired) electrons. The van der Waals surface area contributed by atoms with Gasteiger partial charge in [0.25, 0.3) is 0 Å². The number of nitrogens with one attached hydrogen (secondary N) is 2. The largest absolute Gasteiger partial charge is 0.493 e. The van der Waals surface area contributed by atoms with Crippen molar-refractivity contribution in [2.45, 2.75) is 0 Å². The predicted molar refractivity (Wildman–Crippen MR) is 84.7 cm³/mol. The topological polar surface area (TPSA) is 66.2 Å². The number of benzene rings is 2. The SMILES string of the molecule is COc1ccc(C(=N)C(=N)c2ccccc2Cl)cc1OC. The predicted octanol–water partition coefficient (Wildman–Crippen LogP) is 3.79. The molecule has 108 valence electrons. The fourth-order valence-electron chi connectivity index (χ4n) is 1.93. The minimum absolute atomic E-state index is 0.0628. The first-order valence-electron chi connectivity index (χ1n) is 6.23. The van der Waals surface area contributed by atoms with Gasteiger partial charge in [0.05, 0.1) is 30.7 Å². The third kappa shape index (κ3) is 3.06. The van der Waals surface area contributed by atoms with Crippen LogP contribution in [0.2, 0.25) is 5.02 Å². The lowest BCUT2D eigenvalue weighted by Crippen LogP contribution is -2.15. The minimum atomic E-state index is 0.0628. The first-order valence-corrected chi connectivity index (χ1v) is 6.61. The van der Waals surface area contributed by atoms with Crippen LogP contribution < -0.4 is 9.47 Å². The van der Waals surface area contributed by atoms with Crippen molar-refractivity contribution in [2.75, 3.05) is 14.2 Å². The molecule has 2 N–H and O–H groups in total. The van der Waals surface area contributed by atoms with Crippen LogP contribution in [0.25, 0.3) is 0 Å². The summed E-state index contributed by atoms with van der Waals surface area (Å²) in [5.41, 5.74) is 1.23. The Labute approximate surface area is 128 Å². The summed E-state index contributed by atoms with van der Waals surface area (Å²) in [5, 5.41) is 16.8. The molecule has 2 aromatic rings. The molecule has 0 amide bonds. The van der Waals surface area contributed by atoms with Crippen molar-refractivity contribution in [3.63, 3.8) is 0 Å². The monoisotopic (exact) mass is 302 g/mol. The maximum absolute atomic E-state index is 8.19. The maximum atomic E-state index is 8.19. The number of halogens is 1. The van der Waals surface area contributed by atoms with E-state index in [0.717, 1.165) is 0 Å². The number of ether oxygens (including phenoxy) is 2. The zero-order chi connectivity index (χ0) is 15.4. The third-order valence-corrected chi connectivity index (χ3v) is 3.39. The van der Waals surface area contributed by atoms with Crippen LogP contribution in [0.5, 0.6) is 11.5 Å². The highest BCUT2D eigenvalue weighted by molar-refractivity contribution is 6.53. The van der Waals surface area contributed by atoms with Crippen molar-refractivity contribution in [3.05, 3.63) is 58.6 Å². The van der Waals surface area contributed by atoms with Crippen LogP contribution in [0.4, 0.5) is 0 Å². The molecule has 0 unspecified atom stereocenters. The summed E-state index contributed by atoms with van der Waals surface area (Å²) in [6.07, 6.45) is 0. The summed E-state index contributed by atoms with van der Waals surface area (Å²) in [6.45, 7) is 0. The van der Waals surface area contributed by atoms with Crippen molar-refractivity contribution < 1.29 is 9.47 Å². The summed E-state index contributed by atoms with van der Waals surface area (Å²) < 4.78 is 10.4. The molecule has 0 aliphatic rings. The number of hydrogen-bond donors (Lipinski definition) is 2. The molecule has 0 spiro atoms. The Bertz CT molecular complexity index is 698. The van der Waals surface area contributed by atoms with Crippen molar-refractivity contribution in [3.8, 4) is 11.5 Å². The maximum Gasteiger partial charge on any atom is 0.161 e. The van der Waals surface area contributed by atoms with Crippen LogP contribution in [-0.2, 0) is 0 Å². The van der Waals surface area contributed by atoms with Gasteiger partial charge in [0.2, 0.25) is 0 Å². The lowest BCUT2D eigenvalue weighted by Gasteiger charge is -2.11. The molecular weight excluding hydrogens is 288 g/mol. The second kappa shape index (κ2) is 6.41. The van der Waals surface area contributed by atoms with Crippen LogP contribution in [0.1, 0.15) is 11.1 Å². The Hall–Kier alpha value is -2.33. The van der Waals surface area contributed by atoms with Gasteiger partial charge in [-0.1, -0.05) is 29.8 Å². The molecule has 0 aliphatic heterocycles. The van der Waals surface area contributed by atoms with Crippen molar-refractivity contribution >= 4 is 23.0 Å². The van der Waals surface area contributed by atoms with Gasteiger partial charge in [0.1, 0.15) is 0 Å². The van der Waals surface area contributed by atoms with E-state index in [1.165, 1.54) is 7.11 Å². The Morgan fingerprint density at radius 3 is 2.19 bits per heavy atom. The molecule has 0 bridgehead atoms. The summed E-state index contributed by atoms with van der Waals surface area (Å²) >= 11 is 6.07. The first kappa shape index (κ1) is 15.1. The summed E-state index contributed by atoms with van der Waals surface area (Å²) in [4.78, 5) is 0. The average Bonchev–Trinajstić information content (AvgIpc) is 2.53. The number of hydrogen-bond acceptors (Lipinski definition) is 4. The van der Waals surface area contributed by atoms with E-state index >= 15 is 0 Å². The van der Waals surface area contributed by atoms with E-state index in [4.69, 9.17) is 31.9 Å². The van der Waals surface area contributed by atoms with Gasteiger partial charge in [-0.05, 0) is 24.3 Å². The third-order valence-electron chi connectivity index (χ3n) is 3.07. The van der Waals surface area contributed by atoms with E-state index in [-0.39, 0.29) is 11.4 Å². The van der Waals surface area contributed by atoms with Crippen molar-refractivity contribution in [1.82, 2.24) is 0 Å². The molecule has 2 rings (SSSR count). The second-order valence-electron chi connectivity index (χ2n) is 4.30. The Balaban J connectivity index is 2.36. The minimum Gasteiger partial charge on any atom is -0.493 e. The zero-order valence-electron chi connectivity index (χ0n) is 11.7. The fraction of sp³-hybridized carbons (Fsp3) is 0.125. The molecule has 0 heterocycles. The van der Waals surface area contributed by atoms with Crippen LogP contribution >= 0.6 is 11.6 Å². The summed E-state index contributed by atoms with van der Waals surface area (Å²) in [7, 11) is 3.08. The molecular formula is C16H15ClN2O2. The molecule has 0 fully saturated rings. The number of rotatable bonds is 5. The molecule has 2 aromatic carbocycles. The van der Waals surface area contributed by atoms with Crippen LogP contribution in [0.15, 0.2) is 42.5 Å². The molecule has 21 heavy (non-hydrogen) atoms. The Morgan fingerprint density at radius 1 is 0.905 bits per heavy atom. The Morgan fingerprint density at radius 2 is 1.57 bits per heavy atom. The van der Waals surface area contributed by atoms with Gasteiger partial charge >= 0.3 is 0 Å². The standard InChI is InChI=1S/C16H15ClN2O2/c1-20-13-8-7-10(9-14(13)21-2)15(18)16(19)11-5-3-4-6-12(11)17/h3-9,18-19H,1-2H3. The van der Waals surface area contributed by atoms with Crippen LogP contribution in [-0.4, -0.2) is 25.6 Å². The van der Waals surface area contributed by atoms with E-state index < -0.39 is 0 Å². The molecule has 0 atom stereocenters. The molecule has 0 aliphatic carbocycles. The highest BCUT2D eigenvalue weighted by atomic mass is 35.5. The van der Waals surface area contributed by atoms with E-state index in [1.54, 1.807) is 49.6 Å². The zero-order valence-corrected chi connectivity index (χ0v) is 12.5.